The van der Waals surface area contributed by atoms with Crippen molar-refractivity contribution in [3.8, 4) is 11.5 Å². The second-order valence-electron chi connectivity index (χ2n) is 9.00. The molecule has 0 aliphatic carbocycles. The molecule has 1 amide bonds. The molecular formula is C26H27N3O3. The summed E-state index contributed by atoms with van der Waals surface area (Å²) in [6, 6.07) is 10.0. The Hall–Kier alpha value is -3.54. The van der Waals surface area contributed by atoms with E-state index in [1.807, 2.05) is 58.9 Å². The van der Waals surface area contributed by atoms with E-state index in [4.69, 9.17) is 4.74 Å². The van der Waals surface area contributed by atoms with Crippen LogP contribution < -0.4 is 10.1 Å². The van der Waals surface area contributed by atoms with Gasteiger partial charge in [-0.2, -0.15) is 0 Å². The molecule has 2 aromatic carbocycles. The minimum absolute atomic E-state index is 0.225. The lowest BCUT2D eigenvalue weighted by atomic mass is 9.86. The molecule has 0 saturated carbocycles. The number of rotatable bonds is 2. The summed E-state index contributed by atoms with van der Waals surface area (Å²) >= 11 is 0. The number of aromatic nitrogens is 2. The molecule has 3 heterocycles. The fourth-order valence-corrected chi connectivity index (χ4v) is 4.72. The van der Waals surface area contributed by atoms with Crippen molar-refractivity contribution >= 4 is 33.5 Å². The number of amides is 1. The third-order valence-electron chi connectivity index (χ3n) is 6.92. The second kappa shape index (κ2) is 6.99. The van der Waals surface area contributed by atoms with Gasteiger partial charge in [0.25, 0.3) is 5.91 Å². The Morgan fingerprint density at radius 3 is 2.66 bits per heavy atom. The Balaban J connectivity index is 1.49. The largest absolute Gasteiger partial charge is 0.507 e. The molecule has 1 aliphatic heterocycles. The van der Waals surface area contributed by atoms with Crippen molar-refractivity contribution in [1.82, 2.24) is 9.97 Å². The van der Waals surface area contributed by atoms with Gasteiger partial charge in [0.05, 0.1) is 11.2 Å². The molecule has 6 heteroatoms. The number of H-pyrrole nitrogens is 1. The molecule has 1 atom stereocenters. The SMILES string of the molecule is Cc1c(C)c2c(c(C)c1O)CCC(C)(C(=O)Nc1cc3c([nH]c4ccccc43)c(C)n1)O2. The number of ether oxygens (including phenoxy) is 1. The van der Waals surface area contributed by atoms with Crippen LogP contribution in [0.5, 0.6) is 11.5 Å². The van der Waals surface area contributed by atoms with Gasteiger partial charge in [0.1, 0.15) is 17.3 Å². The van der Waals surface area contributed by atoms with Gasteiger partial charge >= 0.3 is 0 Å². The summed E-state index contributed by atoms with van der Waals surface area (Å²) in [6.45, 7) is 9.45. The molecule has 6 nitrogen and oxygen atoms in total. The van der Waals surface area contributed by atoms with Gasteiger partial charge in [0.15, 0.2) is 5.60 Å². The van der Waals surface area contributed by atoms with E-state index in [0.29, 0.717) is 30.2 Å². The van der Waals surface area contributed by atoms with E-state index in [1.54, 1.807) is 0 Å². The summed E-state index contributed by atoms with van der Waals surface area (Å²) in [5.74, 6) is 1.30. The summed E-state index contributed by atoms with van der Waals surface area (Å²) in [5, 5.41) is 15.5. The molecule has 0 bridgehead atoms. The van der Waals surface area contributed by atoms with Crippen molar-refractivity contribution in [2.24, 2.45) is 0 Å². The van der Waals surface area contributed by atoms with E-state index >= 15 is 0 Å². The van der Waals surface area contributed by atoms with Crippen LogP contribution in [-0.2, 0) is 11.2 Å². The quantitative estimate of drug-likeness (QED) is 0.399. The second-order valence-corrected chi connectivity index (χ2v) is 9.00. The van der Waals surface area contributed by atoms with Crippen molar-refractivity contribution < 1.29 is 14.6 Å². The number of phenolic OH excluding ortho intramolecular Hbond substituents is 1. The molecule has 1 unspecified atom stereocenters. The first kappa shape index (κ1) is 20.4. The summed E-state index contributed by atoms with van der Waals surface area (Å²) in [7, 11) is 0. The highest BCUT2D eigenvalue weighted by Crippen LogP contribution is 2.43. The molecule has 0 saturated heterocycles. The predicted octanol–water partition coefficient (Wildman–Crippen LogP) is 5.38. The van der Waals surface area contributed by atoms with Crippen LogP contribution >= 0.6 is 0 Å². The first-order valence-electron chi connectivity index (χ1n) is 10.9. The molecule has 4 aromatic rings. The Bertz CT molecular complexity index is 1420. The summed E-state index contributed by atoms with van der Waals surface area (Å²) in [6.07, 6.45) is 1.18. The fraction of sp³-hybridized carbons (Fsp3) is 0.308. The third kappa shape index (κ3) is 2.93. The van der Waals surface area contributed by atoms with E-state index in [2.05, 4.69) is 21.4 Å². The topological polar surface area (TPSA) is 87.2 Å². The number of fused-ring (bicyclic) bond motifs is 4. The highest BCUT2D eigenvalue weighted by atomic mass is 16.5. The zero-order valence-corrected chi connectivity index (χ0v) is 19.0. The van der Waals surface area contributed by atoms with E-state index < -0.39 is 5.60 Å². The number of hydrogen-bond donors (Lipinski definition) is 3. The minimum Gasteiger partial charge on any atom is -0.507 e. The van der Waals surface area contributed by atoms with E-state index in [-0.39, 0.29) is 5.91 Å². The van der Waals surface area contributed by atoms with Gasteiger partial charge in [-0.3, -0.25) is 4.79 Å². The summed E-state index contributed by atoms with van der Waals surface area (Å²) < 4.78 is 6.32. The van der Waals surface area contributed by atoms with Crippen LogP contribution in [0.15, 0.2) is 30.3 Å². The number of carbonyl (C=O) groups excluding carboxylic acids is 1. The van der Waals surface area contributed by atoms with Gasteiger partial charge in [-0.15, -0.1) is 0 Å². The van der Waals surface area contributed by atoms with Crippen molar-refractivity contribution in [1.29, 1.82) is 0 Å². The van der Waals surface area contributed by atoms with Crippen molar-refractivity contribution in [3.05, 3.63) is 58.3 Å². The number of anilines is 1. The number of para-hydroxylation sites is 1. The van der Waals surface area contributed by atoms with Gasteiger partial charge in [0, 0.05) is 28.3 Å². The Kier molecular flexibility index (Phi) is 4.45. The average molecular weight is 430 g/mol. The molecule has 0 radical (unpaired) electrons. The Morgan fingerprint density at radius 1 is 1.12 bits per heavy atom. The maximum atomic E-state index is 13.4. The molecule has 2 aromatic heterocycles. The Morgan fingerprint density at radius 2 is 1.88 bits per heavy atom. The molecule has 0 fully saturated rings. The number of aryl methyl sites for hydroxylation is 1. The smallest absolute Gasteiger partial charge is 0.269 e. The lowest BCUT2D eigenvalue weighted by Crippen LogP contribution is -2.48. The lowest BCUT2D eigenvalue weighted by molar-refractivity contribution is -0.131. The first-order chi connectivity index (χ1) is 15.2. The van der Waals surface area contributed by atoms with Gasteiger partial charge in [0.2, 0.25) is 0 Å². The standard InChI is InChI=1S/C26H27N3O3/c1-13-14(2)24-17(15(3)23(13)30)10-11-26(5,32-24)25(31)29-21-12-19-18-8-6-7-9-20(18)28-22(19)16(4)27-21/h6-9,12,28,30H,10-11H2,1-5H3,(H,27,29,31). The number of phenols is 1. The number of aromatic hydroxyl groups is 1. The number of benzene rings is 2. The third-order valence-corrected chi connectivity index (χ3v) is 6.92. The molecule has 5 rings (SSSR count). The first-order valence-corrected chi connectivity index (χ1v) is 10.9. The molecule has 3 N–H and O–H groups in total. The average Bonchev–Trinajstić information content (AvgIpc) is 3.15. The number of nitrogens with zero attached hydrogens (tertiary/aromatic N) is 1. The van der Waals surface area contributed by atoms with Crippen LogP contribution in [0.3, 0.4) is 0 Å². The lowest BCUT2D eigenvalue weighted by Gasteiger charge is -2.36. The molecule has 164 valence electrons. The Labute approximate surface area is 186 Å². The normalized spacial score (nSPS) is 17.9. The van der Waals surface area contributed by atoms with E-state index in [9.17, 15) is 9.90 Å². The minimum atomic E-state index is -1.03. The van der Waals surface area contributed by atoms with Crippen LogP contribution in [-0.4, -0.2) is 26.6 Å². The number of hydrogen-bond acceptors (Lipinski definition) is 4. The van der Waals surface area contributed by atoms with E-state index in [0.717, 1.165) is 49.8 Å². The number of carbonyl (C=O) groups is 1. The number of pyridine rings is 1. The van der Waals surface area contributed by atoms with Crippen LogP contribution in [0, 0.1) is 27.7 Å². The maximum Gasteiger partial charge on any atom is 0.269 e. The van der Waals surface area contributed by atoms with Crippen LogP contribution in [0.2, 0.25) is 0 Å². The van der Waals surface area contributed by atoms with E-state index in [1.165, 1.54) is 0 Å². The maximum absolute atomic E-state index is 13.4. The summed E-state index contributed by atoms with van der Waals surface area (Å²) in [5.41, 5.74) is 5.27. The van der Waals surface area contributed by atoms with Crippen molar-refractivity contribution in [3.63, 3.8) is 0 Å². The number of aromatic amines is 1. The highest BCUT2D eigenvalue weighted by Gasteiger charge is 2.41. The van der Waals surface area contributed by atoms with Crippen LogP contribution in [0.4, 0.5) is 5.82 Å². The van der Waals surface area contributed by atoms with Gasteiger partial charge in [-0.25, -0.2) is 4.98 Å². The highest BCUT2D eigenvalue weighted by molar-refractivity contribution is 6.09. The molecule has 1 aliphatic rings. The van der Waals surface area contributed by atoms with Gasteiger partial charge in [-0.05, 0) is 69.9 Å². The van der Waals surface area contributed by atoms with Gasteiger partial charge < -0.3 is 20.1 Å². The predicted molar refractivity (Wildman–Crippen MR) is 127 cm³/mol. The van der Waals surface area contributed by atoms with Crippen molar-refractivity contribution in [2.75, 3.05) is 5.32 Å². The molecule has 0 spiro atoms. The zero-order chi connectivity index (χ0) is 22.8. The molecular weight excluding hydrogens is 402 g/mol. The molecule has 32 heavy (non-hydrogen) atoms. The zero-order valence-electron chi connectivity index (χ0n) is 19.0. The fourth-order valence-electron chi connectivity index (χ4n) is 4.72. The van der Waals surface area contributed by atoms with Crippen molar-refractivity contribution in [2.45, 2.75) is 53.1 Å². The summed E-state index contributed by atoms with van der Waals surface area (Å²) in [4.78, 5) is 21.4. The van der Waals surface area contributed by atoms with Crippen LogP contribution in [0.1, 0.15) is 41.3 Å². The number of nitrogens with one attached hydrogen (secondary N) is 2. The van der Waals surface area contributed by atoms with Gasteiger partial charge in [-0.1, -0.05) is 18.2 Å². The van der Waals surface area contributed by atoms with Crippen LogP contribution in [0.25, 0.3) is 21.8 Å². The monoisotopic (exact) mass is 429 g/mol.